The summed E-state index contributed by atoms with van der Waals surface area (Å²) in [5.74, 6) is 1.56. The van der Waals surface area contributed by atoms with Crippen molar-refractivity contribution < 1.29 is 19.0 Å². The highest BCUT2D eigenvalue weighted by molar-refractivity contribution is 5.82. The molecule has 1 atom stereocenters. The molecule has 170 valence electrons. The van der Waals surface area contributed by atoms with E-state index in [1.54, 1.807) is 19.2 Å². The first kappa shape index (κ1) is 23.0. The maximum absolute atomic E-state index is 13.4. The van der Waals surface area contributed by atoms with E-state index in [0.29, 0.717) is 53.9 Å². The Hall–Kier alpha value is -2.65. The molecular weight excluding hydrogens is 400 g/mol. The molecule has 9 heteroatoms. The number of rotatable bonds is 8. The zero-order chi connectivity index (χ0) is 22.5. The molecule has 0 saturated carbocycles. The number of aromatic nitrogens is 2. The van der Waals surface area contributed by atoms with Crippen molar-refractivity contribution in [3.63, 3.8) is 0 Å². The van der Waals surface area contributed by atoms with E-state index in [1.165, 1.54) is 11.7 Å². The number of benzene rings is 1. The topological polar surface area (TPSA) is 94.9 Å². The van der Waals surface area contributed by atoms with Gasteiger partial charge in [0.05, 0.1) is 44.9 Å². The lowest BCUT2D eigenvalue weighted by molar-refractivity contribution is -0.122. The van der Waals surface area contributed by atoms with Gasteiger partial charge in [-0.05, 0) is 18.9 Å². The number of amides is 1. The Labute approximate surface area is 182 Å². The summed E-state index contributed by atoms with van der Waals surface area (Å²) < 4.78 is 17.6. The molecule has 1 amide bonds. The van der Waals surface area contributed by atoms with E-state index in [-0.39, 0.29) is 24.1 Å². The fourth-order valence-corrected chi connectivity index (χ4v) is 3.45. The summed E-state index contributed by atoms with van der Waals surface area (Å²) in [7, 11) is 3.06. The molecule has 0 radical (unpaired) electrons. The molecule has 2 aromatic rings. The van der Waals surface area contributed by atoms with Gasteiger partial charge in [0.2, 0.25) is 5.91 Å². The van der Waals surface area contributed by atoms with E-state index >= 15 is 0 Å². The van der Waals surface area contributed by atoms with Gasteiger partial charge in [0.15, 0.2) is 11.5 Å². The van der Waals surface area contributed by atoms with Crippen LogP contribution in [0.1, 0.15) is 26.6 Å². The van der Waals surface area contributed by atoms with Crippen LogP contribution in [0.4, 0.5) is 0 Å². The van der Waals surface area contributed by atoms with Crippen LogP contribution in [0.3, 0.4) is 0 Å². The zero-order valence-corrected chi connectivity index (χ0v) is 18.9. The molecule has 1 aromatic heterocycles. The summed E-state index contributed by atoms with van der Waals surface area (Å²) in [5, 5.41) is 3.35. The van der Waals surface area contributed by atoms with Crippen LogP contribution in [-0.2, 0) is 22.6 Å². The van der Waals surface area contributed by atoms with Crippen molar-refractivity contribution >= 4 is 16.8 Å². The van der Waals surface area contributed by atoms with Gasteiger partial charge in [-0.3, -0.25) is 19.1 Å². The van der Waals surface area contributed by atoms with Crippen molar-refractivity contribution in [2.75, 3.05) is 40.5 Å². The number of nitrogens with one attached hydrogen (secondary N) is 1. The van der Waals surface area contributed by atoms with Crippen molar-refractivity contribution in [2.24, 2.45) is 5.92 Å². The normalized spacial score (nSPS) is 15.8. The van der Waals surface area contributed by atoms with Gasteiger partial charge in [-0.1, -0.05) is 13.8 Å². The molecule has 0 aliphatic carbocycles. The standard InChI is InChI=1S/C22H32N4O5/c1-14(2)15(3)23-21(27)13-26-20(12-25-6-8-31-9-7-25)24-17-11-19(30-5)18(29-4)10-16(17)22(26)28/h10-11,14-15H,6-9,12-13H2,1-5H3,(H,23,27). The zero-order valence-electron chi connectivity index (χ0n) is 18.9. The Morgan fingerprint density at radius 3 is 2.42 bits per heavy atom. The molecule has 9 nitrogen and oxygen atoms in total. The van der Waals surface area contributed by atoms with Crippen molar-refractivity contribution in [3.8, 4) is 11.5 Å². The van der Waals surface area contributed by atoms with Gasteiger partial charge in [-0.2, -0.15) is 0 Å². The number of carbonyl (C=O) groups excluding carboxylic acids is 1. The first-order chi connectivity index (χ1) is 14.8. The molecule has 1 aromatic carbocycles. The minimum Gasteiger partial charge on any atom is -0.493 e. The Morgan fingerprint density at radius 1 is 1.16 bits per heavy atom. The number of methoxy groups -OCH3 is 2. The molecule has 1 unspecified atom stereocenters. The second kappa shape index (κ2) is 10.1. The van der Waals surface area contributed by atoms with Gasteiger partial charge in [0.25, 0.3) is 5.56 Å². The van der Waals surface area contributed by atoms with Gasteiger partial charge in [0.1, 0.15) is 12.4 Å². The lowest BCUT2D eigenvalue weighted by Crippen LogP contribution is -2.42. The van der Waals surface area contributed by atoms with Gasteiger partial charge in [-0.25, -0.2) is 4.98 Å². The number of hydrogen-bond donors (Lipinski definition) is 1. The first-order valence-corrected chi connectivity index (χ1v) is 10.6. The lowest BCUT2D eigenvalue weighted by Gasteiger charge is -2.27. The lowest BCUT2D eigenvalue weighted by atomic mass is 10.1. The largest absolute Gasteiger partial charge is 0.493 e. The van der Waals surface area contributed by atoms with Crippen molar-refractivity contribution in [1.29, 1.82) is 0 Å². The Bertz CT molecular complexity index is 982. The molecular formula is C22H32N4O5. The summed E-state index contributed by atoms with van der Waals surface area (Å²) in [6.07, 6.45) is 0. The third-order valence-electron chi connectivity index (χ3n) is 5.70. The molecule has 31 heavy (non-hydrogen) atoms. The van der Waals surface area contributed by atoms with Crippen LogP contribution in [0.15, 0.2) is 16.9 Å². The SMILES string of the molecule is COc1cc2nc(CN3CCOCC3)n(CC(=O)NC(C)C(C)C)c(=O)c2cc1OC. The second-order valence-corrected chi connectivity index (χ2v) is 8.13. The van der Waals surface area contributed by atoms with E-state index in [9.17, 15) is 9.59 Å². The van der Waals surface area contributed by atoms with Gasteiger partial charge < -0.3 is 19.5 Å². The third kappa shape index (κ3) is 5.34. The molecule has 1 saturated heterocycles. The predicted molar refractivity (Wildman–Crippen MR) is 118 cm³/mol. The number of carbonyl (C=O) groups is 1. The first-order valence-electron chi connectivity index (χ1n) is 10.6. The number of fused-ring (bicyclic) bond motifs is 1. The van der Waals surface area contributed by atoms with E-state index in [0.717, 1.165) is 13.1 Å². The van der Waals surface area contributed by atoms with Crippen LogP contribution in [-0.4, -0.2) is 66.9 Å². The summed E-state index contributed by atoms with van der Waals surface area (Å²) in [6, 6.07) is 3.32. The number of hydrogen-bond acceptors (Lipinski definition) is 7. The van der Waals surface area contributed by atoms with E-state index in [4.69, 9.17) is 19.2 Å². The van der Waals surface area contributed by atoms with Crippen LogP contribution < -0.4 is 20.3 Å². The number of ether oxygens (including phenoxy) is 3. The van der Waals surface area contributed by atoms with Crippen LogP contribution >= 0.6 is 0 Å². The molecule has 1 aliphatic rings. The summed E-state index contributed by atoms with van der Waals surface area (Å²) in [6.45, 7) is 9.16. The monoisotopic (exact) mass is 432 g/mol. The molecule has 2 heterocycles. The maximum Gasteiger partial charge on any atom is 0.262 e. The van der Waals surface area contributed by atoms with Crippen molar-refractivity contribution in [3.05, 3.63) is 28.3 Å². The molecule has 1 fully saturated rings. The molecule has 0 spiro atoms. The number of nitrogens with zero attached hydrogens (tertiary/aromatic N) is 3. The quantitative estimate of drug-likeness (QED) is 0.674. The minimum atomic E-state index is -0.276. The third-order valence-corrected chi connectivity index (χ3v) is 5.70. The average Bonchev–Trinajstić information content (AvgIpc) is 2.76. The fraction of sp³-hybridized carbons (Fsp3) is 0.591. The summed E-state index contributed by atoms with van der Waals surface area (Å²) >= 11 is 0. The van der Waals surface area contributed by atoms with Crippen LogP contribution in [0.5, 0.6) is 11.5 Å². The second-order valence-electron chi connectivity index (χ2n) is 8.13. The average molecular weight is 433 g/mol. The molecule has 3 rings (SSSR count). The van der Waals surface area contributed by atoms with Gasteiger partial charge >= 0.3 is 0 Å². The van der Waals surface area contributed by atoms with E-state index in [1.807, 2.05) is 20.8 Å². The Morgan fingerprint density at radius 2 is 1.81 bits per heavy atom. The van der Waals surface area contributed by atoms with Gasteiger partial charge in [0, 0.05) is 25.2 Å². The summed E-state index contributed by atoms with van der Waals surface area (Å²) in [4.78, 5) is 33.0. The van der Waals surface area contributed by atoms with E-state index in [2.05, 4.69) is 10.2 Å². The maximum atomic E-state index is 13.4. The summed E-state index contributed by atoms with van der Waals surface area (Å²) in [5.41, 5.74) is 0.236. The van der Waals surface area contributed by atoms with Gasteiger partial charge in [-0.15, -0.1) is 0 Å². The highest BCUT2D eigenvalue weighted by Crippen LogP contribution is 2.30. The molecule has 1 aliphatic heterocycles. The number of morpholine rings is 1. The molecule has 1 N–H and O–H groups in total. The Kier molecular flexibility index (Phi) is 7.50. The highest BCUT2D eigenvalue weighted by atomic mass is 16.5. The highest BCUT2D eigenvalue weighted by Gasteiger charge is 2.21. The van der Waals surface area contributed by atoms with Crippen LogP contribution in [0.2, 0.25) is 0 Å². The molecule has 0 bridgehead atoms. The predicted octanol–water partition coefficient (Wildman–Crippen LogP) is 1.41. The Balaban J connectivity index is 2.04. The smallest absolute Gasteiger partial charge is 0.262 e. The van der Waals surface area contributed by atoms with E-state index < -0.39 is 0 Å². The minimum absolute atomic E-state index is 0.00339. The van der Waals surface area contributed by atoms with Crippen LogP contribution in [0.25, 0.3) is 10.9 Å². The van der Waals surface area contributed by atoms with Crippen molar-refractivity contribution in [1.82, 2.24) is 19.8 Å². The van der Waals surface area contributed by atoms with Crippen molar-refractivity contribution in [2.45, 2.75) is 39.9 Å². The fourth-order valence-electron chi connectivity index (χ4n) is 3.45. The van der Waals surface area contributed by atoms with Crippen LogP contribution in [0, 0.1) is 5.92 Å².